The molecule has 0 unspecified atom stereocenters. The van der Waals surface area contributed by atoms with Gasteiger partial charge in [-0.3, -0.25) is 0 Å². The first-order chi connectivity index (χ1) is 6.21. The van der Waals surface area contributed by atoms with Crippen molar-refractivity contribution in [1.82, 2.24) is 0 Å². The summed E-state index contributed by atoms with van der Waals surface area (Å²) in [6.45, 7) is 14.9. The van der Waals surface area contributed by atoms with Crippen molar-refractivity contribution in [2.24, 2.45) is 10.8 Å². The highest BCUT2D eigenvalue weighted by Crippen LogP contribution is 2.15. The van der Waals surface area contributed by atoms with E-state index in [2.05, 4.69) is 53.7 Å². The fourth-order valence-corrected chi connectivity index (χ4v) is 0.967. The molecule has 0 aromatic heterocycles. The highest BCUT2D eigenvalue weighted by Gasteiger charge is 2.09. The SMILES string of the molecule is CC(C)(C)/C=C\CCOCC(C)(C)C. The normalized spacial score (nSPS) is 13.9. The second-order valence-electron chi connectivity index (χ2n) is 6.17. The van der Waals surface area contributed by atoms with Crippen molar-refractivity contribution in [3.8, 4) is 0 Å². The molecule has 84 valence electrons. The third-order valence-corrected chi connectivity index (χ3v) is 1.58. The van der Waals surface area contributed by atoms with Crippen LogP contribution in [0.1, 0.15) is 48.0 Å². The molecule has 0 aromatic carbocycles. The Hall–Kier alpha value is -0.300. The molecule has 14 heavy (non-hydrogen) atoms. The van der Waals surface area contributed by atoms with Crippen LogP contribution in [0.5, 0.6) is 0 Å². The number of rotatable bonds is 4. The molecule has 0 aromatic rings. The molecule has 0 aliphatic carbocycles. The summed E-state index contributed by atoms with van der Waals surface area (Å²) in [4.78, 5) is 0. The molecule has 0 atom stereocenters. The topological polar surface area (TPSA) is 9.23 Å². The lowest BCUT2D eigenvalue weighted by atomic mass is 9.96. The van der Waals surface area contributed by atoms with Crippen molar-refractivity contribution in [2.75, 3.05) is 13.2 Å². The van der Waals surface area contributed by atoms with Gasteiger partial charge in [0.15, 0.2) is 0 Å². The van der Waals surface area contributed by atoms with Crippen LogP contribution in [0.3, 0.4) is 0 Å². The van der Waals surface area contributed by atoms with Crippen molar-refractivity contribution in [3.63, 3.8) is 0 Å². The van der Waals surface area contributed by atoms with Gasteiger partial charge in [0.25, 0.3) is 0 Å². The minimum absolute atomic E-state index is 0.285. The Morgan fingerprint density at radius 1 is 1.00 bits per heavy atom. The Bertz CT molecular complexity index is 167. The molecule has 0 N–H and O–H groups in total. The van der Waals surface area contributed by atoms with E-state index < -0.39 is 0 Å². The lowest BCUT2D eigenvalue weighted by Crippen LogP contribution is -2.14. The van der Waals surface area contributed by atoms with Gasteiger partial charge in [0.05, 0.1) is 13.2 Å². The van der Waals surface area contributed by atoms with Crippen LogP contribution >= 0.6 is 0 Å². The second kappa shape index (κ2) is 5.55. The first-order valence-corrected chi connectivity index (χ1v) is 5.46. The Morgan fingerprint density at radius 3 is 2.00 bits per heavy atom. The van der Waals surface area contributed by atoms with Crippen molar-refractivity contribution in [2.45, 2.75) is 48.0 Å². The van der Waals surface area contributed by atoms with E-state index in [0.29, 0.717) is 5.41 Å². The van der Waals surface area contributed by atoms with Crippen LogP contribution in [0.15, 0.2) is 12.2 Å². The predicted octanol–water partition coefficient (Wildman–Crippen LogP) is 4.04. The van der Waals surface area contributed by atoms with Gasteiger partial charge < -0.3 is 4.74 Å². The van der Waals surface area contributed by atoms with Crippen LogP contribution in [-0.2, 0) is 4.74 Å². The maximum Gasteiger partial charge on any atom is 0.0514 e. The van der Waals surface area contributed by atoms with Gasteiger partial charge in [-0.2, -0.15) is 0 Å². The van der Waals surface area contributed by atoms with Crippen LogP contribution in [0.2, 0.25) is 0 Å². The largest absolute Gasteiger partial charge is 0.381 e. The van der Waals surface area contributed by atoms with Crippen molar-refractivity contribution in [3.05, 3.63) is 12.2 Å². The zero-order chi connectivity index (χ0) is 11.2. The number of allylic oxidation sites excluding steroid dienone is 1. The molecular weight excluding hydrogens is 172 g/mol. The maximum absolute atomic E-state index is 5.56. The summed E-state index contributed by atoms with van der Waals surface area (Å²) >= 11 is 0. The molecule has 0 amide bonds. The molecule has 0 spiro atoms. The summed E-state index contributed by atoms with van der Waals surface area (Å²) in [5, 5.41) is 0. The van der Waals surface area contributed by atoms with Crippen LogP contribution in [0, 0.1) is 10.8 Å². The Kier molecular flexibility index (Phi) is 5.43. The van der Waals surface area contributed by atoms with Gasteiger partial charge in [-0.1, -0.05) is 53.7 Å². The Morgan fingerprint density at radius 2 is 1.57 bits per heavy atom. The quantitative estimate of drug-likeness (QED) is 0.489. The van der Waals surface area contributed by atoms with E-state index in [-0.39, 0.29) is 5.41 Å². The van der Waals surface area contributed by atoms with Crippen LogP contribution in [-0.4, -0.2) is 13.2 Å². The molecule has 0 radical (unpaired) electrons. The summed E-state index contributed by atoms with van der Waals surface area (Å²) in [5.41, 5.74) is 0.581. The zero-order valence-electron chi connectivity index (χ0n) is 10.7. The highest BCUT2D eigenvalue weighted by molar-refractivity contribution is 4.91. The lowest BCUT2D eigenvalue weighted by Gasteiger charge is -2.17. The summed E-state index contributed by atoms with van der Waals surface area (Å²) in [6.07, 6.45) is 5.48. The maximum atomic E-state index is 5.56. The van der Waals surface area contributed by atoms with Gasteiger partial charge in [0.2, 0.25) is 0 Å². The van der Waals surface area contributed by atoms with E-state index in [1.54, 1.807) is 0 Å². The first-order valence-electron chi connectivity index (χ1n) is 5.46. The third-order valence-electron chi connectivity index (χ3n) is 1.58. The van der Waals surface area contributed by atoms with E-state index in [9.17, 15) is 0 Å². The van der Waals surface area contributed by atoms with E-state index in [0.717, 1.165) is 19.6 Å². The van der Waals surface area contributed by atoms with Crippen LogP contribution < -0.4 is 0 Å². The molecule has 0 bridgehead atoms. The smallest absolute Gasteiger partial charge is 0.0514 e. The van der Waals surface area contributed by atoms with Gasteiger partial charge in [-0.25, -0.2) is 0 Å². The molecule has 0 heterocycles. The van der Waals surface area contributed by atoms with E-state index in [1.165, 1.54) is 0 Å². The van der Waals surface area contributed by atoms with Crippen molar-refractivity contribution < 1.29 is 4.74 Å². The fourth-order valence-electron chi connectivity index (χ4n) is 0.967. The van der Waals surface area contributed by atoms with Crippen molar-refractivity contribution >= 4 is 0 Å². The highest BCUT2D eigenvalue weighted by atomic mass is 16.5. The minimum Gasteiger partial charge on any atom is -0.381 e. The van der Waals surface area contributed by atoms with Crippen LogP contribution in [0.4, 0.5) is 0 Å². The van der Waals surface area contributed by atoms with Crippen molar-refractivity contribution in [1.29, 1.82) is 0 Å². The first kappa shape index (κ1) is 13.7. The number of hydrogen-bond acceptors (Lipinski definition) is 1. The molecule has 1 nitrogen and oxygen atoms in total. The summed E-state index contributed by atoms with van der Waals surface area (Å²) in [6, 6.07) is 0. The standard InChI is InChI=1S/C13H26O/c1-12(2,3)9-7-8-10-14-11-13(4,5)6/h7,9H,8,10-11H2,1-6H3/b9-7-. The molecule has 1 heteroatoms. The molecule has 0 aliphatic rings. The average molecular weight is 198 g/mol. The lowest BCUT2D eigenvalue weighted by molar-refractivity contribution is 0.0743. The number of ether oxygens (including phenoxy) is 1. The van der Waals surface area contributed by atoms with E-state index >= 15 is 0 Å². The predicted molar refractivity (Wildman–Crippen MR) is 63.5 cm³/mol. The fraction of sp³-hybridized carbons (Fsp3) is 0.846. The van der Waals surface area contributed by atoms with Gasteiger partial charge in [-0.05, 0) is 17.3 Å². The zero-order valence-corrected chi connectivity index (χ0v) is 10.7. The van der Waals surface area contributed by atoms with Gasteiger partial charge in [0.1, 0.15) is 0 Å². The molecule has 0 saturated heterocycles. The molecule has 0 aliphatic heterocycles. The average Bonchev–Trinajstić information content (AvgIpc) is 1.92. The minimum atomic E-state index is 0.285. The summed E-state index contributed by atoms with van der Waals surface area (Å²) in [5.74, 6) is 0. The summed E-state index contributed by atoms with van der Waals surface area (Å²) < 4.78 is 5.56. The molecule has 0 saturated carbocycles. The number of hydrogen-bond donors (Lipinski definition) is 0. The van der Waals surface area contributed by atoms with Gasteiger partial charge in [-0.15, -0.1) is 0 Å². The Balaban J connectivity index is 3.44. The second-order valence-corrected chi connectivity index (χ2v) is 6.17. The monoisotopic (exact) mass is 198 g/mol. The molecule has 0 rings (SSSR count). The van der Waals surface area contributed by atoms with E-state index in [1.807, 2.05) is 0 Å². The third kappa shape index (κ3) is 11.7. The Labute approximate surface area is 89.5 Å². The summed E-state index contributed by atoms with van der Waals surface area (Å²) in [7, 11) is 0. The molecular formula is C13H26O. The van der Waals surface area contributed by atoms with Gasteiger partial charge in [0, 0.05) is 0 Å². The van der Waals surface area contributed by atoms with Crippen LogP contribution in [0.25, 0.3) is 0 Å². The van der Waals surface area contributed by atoms with E-state index in [4.69, 9.17) is 4.74 Å². The van der Waals surface area contributed by atoms with Gasteiger partial charge >= 0.3 is 0 Å². The molecule has 0 fully saturated rings.